The Morgan fingerprint density at radius 1 is 0.964 bits per heavy atom. The van der Waals surface area contributed by atoms with E-state index in [4.69, 9.17) is 0 Å². The number of nitrogens with one attached hydrogen (secondary N) is 1. The van der Waals surface area contributed by atoms with E-state index in [1.54, 1.807) is 16.8 Å². The lowest BCUT2D eigenvalue weighted by molar-refractivity contribution is -0.274. The maximum absolute atomic E-state index is 13.3. The van der Waals surface area contributed by atoms with Crippen LogP contribution in [0.1, 0.15) is 18.4 Å². The molecule has 0 amide bonds. The summed E-state index contributed by atoms with van der Waals surface area (Å²) in [4.78, 5) is 0. The maximum Gasteiger partial charge on any atom is 0.573 e. The Balaban J connectivity index is 1.76. The number of anilines is 1. The highest BCUT2D eigenvalue weighted by atomic mass is 19.4. The first-order valence-corrected chi connectivity index (χ1v) is 8.88. The van der Waals surface area contributed by atoms with E-state index in [2.05, 4.69) is 15.2 Å². The van der Waals surface area contributed by atoms with Gasteiger partial charge in [-0.3, -0.25) is 0 Å². The molecule has 0 saturated carbocycles. The molecule has 4 nitrogen and oxygen atoms in total. The number of hydrogen-bond acceptors (Lipinski definition) is 3. The summed E-state index contributed by atoms with van der Waals surface area (Å²) < 4.78 is 56.0. The first-order chi connectivity index (χ1) is 13.4. The minimum atomic E-state index is -4.73. The van der Waals surface area contributed by atoms with Gasteiger partial charge in [-0.05, 0) is 67.8 Å². The molecule has 1 aliphatic heterocycles. The second-order valence-corrected chi connectivity index (χ2v) is 6.52. The van der Waals surface area contributed by atoms with Crippen LogP contribution in [-0.4, -0.2) is 22.7 Å². The molecule has 0 saturated heterocycles. The van der Waals surface area contributed by atoms with E-state index in [-0.39, 0.29) is 11.6 Å². The molecule has 0 radical (unpaired) electrons. The molecule has 2 aromatic carbocycles. The predicted molar refractivity (Wildman–Crippen MR) is 97.1 cm³/mol. The summed E-state index contributed by atoms with van der Waals surface area (Å²) in [7, 11) is 0. The van der Waals surface area contributed by atoms with Gasteiger partial charge in [-0.25, -0.2) is 9.07 Å². The number of aromatic nitrogens is 2. The molecule has 0 spiro atoms. The molecule has 0 unspecified atom stereocenters. The van der Waals surface area contributed by atoms with Gasteiger partial charge in [0.2, 0.25) is 0 Å². The average molecular weight is 391 g/mol. The van der Waals surface area contributed by atoms with Gasteiger partial charge >= 0.3 is 6.36 Å². The molecule has 0 fully saturated rings. The van der Waals surface area contributed by atoms with Gasteiger partial charge in [-0.15, -0.1) is 13.2 Å². The van der Waals surface area contributed by atoms with Crippen molar-refractivity contribution in [3.8, 4) is 22.7 Å². The Kier molecular flexibility index (Phi) is 4.70. The van der Waals surface area contributed by atoms with Gasteiger partial charge in [-0.2, -0.15) is 5.10 Å². The molecule has 1 aliphatic rings. The second-order valence-electron chi connectivity index (χ2n) is 6.52. The van der Waals surface area contributed by atoms with Crippen molar-refractivity contribution in [3.05, 3.63) is 59.9 Å². The lowest BCUT2D eigenvalue weighted by Gasteiger charge is -2.11. The van der Waals surface area contributed by atoms with Crippen molar-refractivity contribution < 1.29 is 22.3 Å². The topological polar surface area (TPSA) is 39.1 Å². The van der Waals surface area contributed by atoms with Gasteiger partial charge in [-0.1, -0.05) is 0 Å². The second kappa shape index (κ2) is 7.18. The zero-order valence-corrected chi connectivity index (χ0v) is 14.8. The van der Waals surface area contributed by atoms with Crippen LogP contribution in [-0.2, 0) is 6.42 Å². The normalized spacial score (nSPS) is 14.1. The number of benzene rings is 2. The molecule has 1 aromatic heterocycles. The van der Waals surface area contributed by atoms with Crippen molar-refractivity contribution in [2.24, 2.45) is 0 Å². The number of alkyl halides is 3. The van der Waals surface area contributed by atoms with Crippen molar-refractivity contribution in [3.63, 3.8) is 0 Å². The highest BCUT2D eigenvalue weighted by Gasteiger charge is 2.31. The van der Waals surface area contributed by atoms with Crippen LogP contribution in [0.5, 0.6) is 5.75 Å². The Morgan fingerprint density at radius 2 is 1.68 bits per heavy atom. The fourth-order valence-electron chi connectivity index (χ4n) is 3.32. The standard InChI is InChI=1S/C20H17F4N3O/c21-14-6-4-13(5-7-14)18-17-3-1-2-12-25-19(17)27(26-18)15-8-10-16(11-9-15)28-20(22,23)24/h4-11,25H,1-3,12H2. The molecule has 0 aliphatic carbocycles. The number of fused-ring (bicyclic) bond motifs is 1. The first kappa shape index (κ1) is 18.3. The van der Waals surface area contributed by atoms with Gasteiger partial charge in [0.25, 0.3) is 0 Å². The highest BCUT2D eigenvalue weighted by Crippen LogP contribution is 2.34. The van der Waals surface area contributed by atoms with E-state index >= 15 is 0 Å². The van der Waals surface area contributed by atoms with E-state index in [0.29, 0.717) is 5.69 Å². The van der Waals surface area contributed by atoms with Crippen LogP contribution in [0.15, 0.2) is 48.5 Å². The quantitative estimate of drug-likeness (QED) is 0.614. The van der Waals surface area contributed by atoms with Gasteiger partial charge in [0, 0.05) is 17.7 Å². The molecule has 3 aromatic rings. The maximum atomic E-state index is 13.3. The SMILES string of the molecule is Fc1ccc(-c2nn(-c3ccc(OC(F)(F)F)cc3)c3c2CCCCN3)cc1. The zero-order valence-electron chi connectivity index (χ0n) is 14.8. The number of hydrogen-bond donors (Lipinski definition) is 1. The van der Waals surface area contributed by atoms with Gasteiger partial charge < -0.3 is 10.1 Å². The molecule has 28 heavy (non-hydrogen) atoms. The summed E-state index contributed by atoms with van der Waals surface area (Å²) in [6.07, 6.45) is -1.94. The minimum absolute atomic E-state index is 0.291. The number of halogens is 4. The van der Waals surface area contributed by atoms with Gasteiger partial charge in [0.15, 0.2) is 0 Å². The Hall–Kier alpha value is -3.03. The largest absolute Gasteiger partial charge is 0.573 e. The lowest BCUT2D eigenvalue weighted by atomic mass is 10.0. The van der Waals surface area contributed by atoms with E-state index in [1.807, 2.05) is 0 Å². The molecule has 4 rings (SSSR count). The molecule has 0 bridgehead atoms. The summed E-state index contributed by atoms with van der Waals surface area (Å²) in [6.45, 7) is 0.775. The predicted octanol–water partition coefficient (Wildman–Crippen LogP) is 5.33. The number of rotatable bonds is 3. The van der Waals surface area contributed by atoms with Crippen LogP contribution in [0.4, 0.5) is 23.4 Å². The van der Waals surface area contributed by atoms with E-state index in [9.17, 15) is 17.6 Å². The Bertz CT molecular complexity index is 963. The number of nitrogens with zero attached hydrogens (tertiary/aromatic N) is 2. The summed E-state index contributed by atoms with van der Waals surface area (Å²) in [5, 5.41) is 8.04. The Labute approximate surface area is 158 Å². The smallest absolute Gasteiger partial charge is 0.406 e. The average Bonchev–Trinajstić information content (AvgIpc) is 2.83. The Morgan fingerprint density at radius 3 is 2.36 bits per heavy atom. The molecule has 146 valence electrons. The first-order valence-electron chi connectivity index (χ1n) is 8.88. The van der Waals surface area contributed by atoms with E-state index < -0.39 is 6.36 Å². The van der Waals surface area contributed by atoms with Crippen molar-refractivity contribution in [1.82, 2.24) is 9.78 Å². The summed E-state index contributed by atoms with van der Waals surface area (Å²) >= 11 is 0. The lowest BCUT2D eigenvalue weighted by Crippen LogP contribution is -2.17. The van der Waals surface area contributed by atoms with Gasteiger partial charge in [0.05, 0.1) is 11.4 Å². The fraction of sp³-hybridized carbons (Fsp3) is 0.250. The van der Waals surface area contributed by atoms with Crippen LogP contribution in [0.3, 0.4) is 0 Å². The summed E-state index contributed by atoms with van der Waals surface area (Å²) in [5.41, 5.74) is 3.14. The molecular weight excluding hydrogens is 374 g/mol. The van der Waals surface area contributed by atoms with Crippen LogP contribution in [0.2, 0.25) is 0 Å². The molecule has 2 heterocycles. The van der Waals surface area contributed by atoms with Crippen molar-refractivity contribution >= 4 is 5.82 Å². The zero-order chi connectivity index (χ0) is 19.7. The third-order valence-corrected chi connectivity index (χ3v) is 4.56. The van der Waals surface area contributed by atoms with Crippen LogP contribution in [0.25, 0.3) is 16.9 Å². The fourth-order valence-corrected chi connectivity index (χ4v) is 3.32. The van der Waals surface area contributed by atoms with Crippen molar-refractivity contribution in [1.29, 1.82) is 0 Å². The molecule has 8 heteroatoms. The van der Waals surface area contributed by atoms with Crippen LogP contribution >= 0.6 is 0 Å². The molecular formula is C20H17F4N3O. The van der Waals surface area contributed by atoms with Gasteiger partial charge in [0.1, 0.15) is 17.4 Å². The third-order valence-electron chi connectivity index (χ3n) is 4.56. The molecule has 1 N–H and O–H groups in total. The molecule has 0 atom stereocenters. The number of ether oxygens (including phenoxy) is 1. The monoisotopic (exact) mass is 391 g/mol. The summed E-state index contributed by atoms with van der Waals surface area (Å²) in [5.74, 6) is 0.190. The highest BCUT2D eigenvalue weighted by molar-refractivity contribution is 5.71. The third kappa shape index (κ3) is 3.81. The van der Waals surface area contributed by atoms with E-state index in [0.717, 1.165) is 48.4 Å². The van der Waals surface area contributed by atoms with Crippen molar-refractivity contribution in [2.75, 3.05) is 11.9 Å². The summed E-state index contributed by atoms with van der Waals surface area (Å²) in [6, 6.07) is 11.7. The van der Waals surface area contributed by atoms with Crippen LogP contribution in [0, 0.1) is 5.82 Å². The minimum Gasteiger partial charge on any atom is -0.406 e. The van der Waals surface area contributed by atoms with E-state index in [1.165, 1.54) is 36.4 Å². The van der Waals surface area contributed by atoms with Crippen molar-refractivity contribution in [2.45, 2.75) is 25.6 Å². The van der Waals surface area contributed by atoms with Crippen LogP contribution < -0.4 is 10.1 Å².